The Morgan fingerprint density at radius 1 is 1.24 bits per heavy atom. The van der Waals surface area contributed by atoms with Crippen LogP contribution in [0, 0.1) is 5.92 Å². The first kappa shape index (κ1) is 17.4. The number of nitrogens with zero attached hydrogens (tertiary/aromatic N) is 3. The Morgan fingerprint density at radius 3 is 2.64 bits per heavy atom. The van der Waals surface area contributed by atoms with Gasteiger partial charge < -0.3 is 15.3 Å². The molecule has 1 amide bonds. The van der Waals surface area contributed by atoms with Crippen molar-refractivity contribution in [3.63, 3.8) is 0 Å². The second kappa shape index (κ2) is 8.58. The van der Waals surface area contributed by atoms with Crippen molar-refractivity contribution in [2.75, 3.05) is 24.6 Å². The number of amides is 1. The van der Waals surface area contributed by atoms with E-state index in [1.165, 1.54) is 0 Å². The molecule has 1 aromatic carbocycles. The molecule has 1 fully saturated rings. The molecule has 0 bridgehead atoms. The Hall–Kier alpha value is -2.47. The number of aromatic nitrogens is 2. The van der Waals surface area contributed by atoms with Gasteiger partial charge in [-0.05, 0) is 24.8 Å². The summed E-state index contributed by atoms with van der Waals surface area (Å²) < 4.78 is 0. The molecular formula is C19H24N4O2. The Kier molecular flexibility index (Phi) is 5.95. The molecule has 2 N–H and O–H groups in total. The van der Waals surface area contributed by atoms with Gasteiger partial charge in [-0.3, -0.25) is 9.78 Å². The monoisotopic (exact) mass is 340 g/mol. The molecule has 2 aromatic rings. The van der Waals surface area contributed by atoms with Gasteiger partial charge in [-0.15, -0.1) is 0 Å². The number of hydrogen-bond acceptors (Lipinski definition) is 5. The first-order valence-electron chi connectivity index (χ1n) is 8.72. The Balaban J connectivity index is 1.50. The van der Waals surface area contributed by atoms with Crippen molar-refractivity contribution in [1.82, 2.24) is 15.3 Å². The van der Waals surface area contributed by atoms with E-state index in [4.69, 9.17) is 0 Å². The first-order valence-corrected chi connectivity index (χ1v) is 8.72. The van der Waals surface area contributed by atoms with Crippen molar-refractivity contribution in [3.8, 4) is 0 Å². The minimum atomic E-state index is -0.243. The molecule has 1 unspecified atom stereocenters. The van der Waals surface area contributed by atoms with Gasteiger partial charge in [0, 0.05) is 31.4 Å². The van der Waals surface area contributed by atoms with Gasteiger partial charge in [0.1, 0.15) is 5.82 Å². The summed E-state index contributed by atoms with van der Waals surface area (Å²) in [6.07, 6.45) is 7.30. The molecule has 1 atom stereocenters. The van der Waals surface area contributed by atoms with Crippen molar-refractivity contribution < 1.29 is 9.90 Å². The van der Waals surface area contributed by atoms with E-state index in [1.807, 2.05) is 30.3 Å². The van der Waals surface area contributed by atoms with Gasteiger partial charge in [-0.1, -0.05) is 30.3 Å². The summed E-state index contributed by atoms with van der Waals surface area (Å²) >= 11 is 0. The molecule has 0 spiro atoms. The number of aliphatic hydroxyl groups excluding tert-OH is 1. The maximum atomic E-state index is 12.5. The van der Waals surface area contributed by atoms with E-state index in [0.29, 0.717) is 6.42 Å². The zero-order valence-electron chi connectivity index (χ0n) is 14.2. The minimum Gasteiger partial charge on any atom is -0.394 e. The highest BCUT2D eigenvalue weighted by Crippen LogP contribution is 2.21. The average molecular weight is 340 g/mol. The van der Waals surface area contributed by atoms with E-state index in [0.717, 1.165) is 37.3 Å². The average Bonchev–Trinajstić information content (AvgIpc) is 2.69. The van der Waals surface area contributed by atoms with Crippen molar-refractivity contribution in [2.24, 2.45) is 5.92 Å². The predicted molar refractivity (Wildman–Crippen MR) is 96.1 cm³/mol. The Morgan fingerprint density at radius 2 is 2.00 bits per heavy atom. The minimum absolute atomic E-state index is 0.0160. The number of piperidine rings is 1. The molecule has 25 heavy (non-hydrogen) atoms. The Labute approximate surface area is 147 Å². The maximum Gasteiger partial charge on any atom is 0.223 e. The summed E-state index contributed by atoms with van der Waals surface area (Å²) in [5, 5.41) is 12.6. The second-order valence-electron chi connectivity index (χ2n) is 6.40. The highest BCUT2D eigenvalue weighted by molar-refractivity contribution is 5.79. The lowest BCUT2D eigenvalue weighted by molar-refractivity contribution is -0.126. The van der Waals surface area contributed by atoms with E-state index in [9.17, 15) is 9.90 Å². The largest absolute Gasteiger partial charge is 0.394 e. The molecule has 132 valence electrons. The number of carbonyl (C=O) groups is 1. The van der Waals surface area contributed by atoms with Crippen LogP contribution < -0.4 is 10.2 Å². The molecule has 2 heterocycles. The predicted octanol–water partition coefficient (Wildman–Crippen LogP) is 1.41. The third kappa shape index (κ3) is 4.76. The van der Waals surface area contributed by atoms with E-state index < -0.39 is 0 Å². The molecule has 6 nitrogen and oxygen atoms in total. The highest BCUT2D eigenvalue weighted by atomic mass is 16.3. The SMILES string of the molecule is O=C(NC(CO)Cc1ccccc1)C1CCN(c2cnccn2)CC1. The van der Waals surface area contributed by atoms with Gasteiger partial charge in [0.2, 0.25) is 5.91 Å². The van der Waals surface area contributed by atoms with Crippen LogP contribution in [-0.2, 0) is 11.2 Å². The van der Waals surface area contributed by atoms with Crippen LogP contribution in [0.4, 0.5) is 5.82 Å². The van der Waals surface area contributed by atoms with Crippen molar-refractivity contribution >= 4 is 11.7 Å². The lowest BCUT2D eigenvalue weighted by Gasteiger charge is -2.32. The molecule has 6 heteroatoms. The summed E-state index contributed by atoms with van der Waals surface area (Å²) in [4.78, 5) is 23.1. The van der Waals surface area contributed by atoms with Gasteiger partial charge in [0.15, 0.2) is 0 Å². The highest BCUT2D eigenvalue weighted by Gasteiger charge is 2.27. The number of carbonyl (C=O) groups excluding carboxylic acids is 1. The topological polar surface area (TPSA) is 78.4 Å². The molecule has 1 aliphatic rings. The van der Waals surface area contributed by atoms with E-state index in [-0.39, 0.29) is 24.5 Å². The fraction of sp³-hybridized carbons (Fsp3) is 0.421. The summed E-state index contributed by atoms with van der Waals surface area (Å²) in [6.45, 7) is 1.53. The zero-order valence-corrected chi connectivity index (χ0v) is 14.2. The molecule has 1 aliphatic heterocycles. The molecule has 0 saturated carbocycles. The number of anilines is 1. The van der Waals surface area contributed by atoms with Crippen LogP contribution in [0.1, 0.15) is 18.4 Å². The molecule has 0 aliphatic carbocycles. The molecule has 1 saturated heterocycles. The van der Waals surface area contributed by atoms with Crippen LogP contribution in [0.5, 0.6) is 0 Å². The van der Waals surface area contributed by atoms with Gasteiger partial charge in [0.05, 0.1) is 18.8 Å². The number of rotatable bonds is 6. The fourth-order valence-electron chi connectivity index (χ4n) is 3.20. The van der Waals surface area contributed by atoms with Crippen molar-refractivity contribution in [2.45, 2.75) is 25.3 Å². The van der Waals surface area contributed by atoms with E-state index in [2.05, 4.69) is 20.2 Å². The number of benzene rings is 1. The molecular weight excluding hydrogens is 316 g/mol. The molecule has 0 radical (unpaired) electrons. The maximum absolute atomic E-state index is 12.5. The third-order valence-corrected chi connectivity index (χ3v) is 4.63. The third-order valence-electron chi connectivity index (χ3n) is 4.63. The first-order chi connectivity index (χ1) is 12.3. The van der Waals surface area contributed by atoms with Gasteiger partial charge in [-0.25, -0.2) is 4.98 Å². The van der Waals surface area contributed by atoms with Gasteiger partial charge >= 0.3 is 0 Å². The van der Waals surface area contributed by atoms with Crippen LogP contribution in [0.15, 0.2) is 48.9 Å². The normalized spacial score (nSPS) is 16.4. The Bertz CT molecular complexity index is 658. The summed E-state index contributed by atoms with van der Waals surface area (Å²) in [5.41, 5.74) is 1.11. The summed E-state index contributed by atoms with van der Waals surface area (Å²) in [7, 11) is 0. The van der Waals surface area contributed by atoms with Crippen molar-refractivity contribution in [1.29, 1.82) is 0 Å². The van der Waals surface area contributed by atoms with Gasteiger partial charge in [0.25, 0.3) is 0 Å². The van der Waals surface area contributed by atoms with E-state index >= 15 is 0 Å². The van der Waals surface area contributed by atoms with E-state index in [1.54, 1.807) is 18.6 Å². The zero-order chi connectivity index (χ0) is 17.5. The number of hydrogen-bond donors (Lipinski definition) is 2. The van der Waals surface area contributed by atoms with Crippen LogP contribution in [0.25, 0.3) is 0 Å². The molecule has 3 rings (SSSR count). The lowest BCUT2D eigenvalue weighted by atomic mass is 9.95. The molecule has 1 aromatic heterocycles. The summed E-state index contributed by atoms with van der Waals surface area (Å²) in [5.74, 6) is 0.880. The van der Waals surface area contributed by atoms with Gasteiger partial charge in [-0.2, -0.15) is 0 Å². The van der Waals surface area contributed by atoms with Crippen LogP contribution >= 0.6 is 0 Å². The lowest BCUT2D eigenvalue weighted by Crippen LogP contribution is -2.46. The van der Waals surface area contributed by atoms with Crippen LogP contribution in [-0.4, -0.2) is 46.7 Å². The van der Waals surface area contributed by atoms with Crippen LogP contribution in [0.3, 0.4) is 0 Å². The fourth-order valence-corrected chi connectivity index (χ4v) is 3.20. The number of nitrogens with one attached hydrogen (secondary N) is 1. The quantitative estimate of drug-likeness (QED) is 0.831. The van der Waals surface area contributed by atoms with Crippen molar-refractivity contribution in [3.05, 3.63) is 54.5 Å². The second-order valence-corrected chi connectivity index (χ2v) is 6.40. The standard InChI is InChI=1S/C19H24N4O2/c24-14-17(12-15-4-2-1-3-5-15)22-19(25)16-6-10-23(11-7-16)18-13-20-8-9-21-18/h1-5,8-9,13,16-17,24H,6-7,10-12,14H2,(H,22,25). The number of aliphatic hydroxyl groups is 1. The smallest absolute Gasteiger partial charge is 0.223 e. The summed E-state index contributed by atoms with van der Waals surface area (Å²) in [6, 6.07) is 9.66. The van der Waals surface area contributed by atoms with Crippen LogP contribution in [0.2, 0.25) is 0 Å².